The molecule has 1 aliphatic heterocycles. The van der Waals surface area contributed by atoms with Gasteiger partial charge in [-0.1, -0.05) is 48.0 Å². The van der Waals surface area contributed by atoms with Crippen LogP contribution in [0, 0.1) is 0 Å². The maximum Gasteiger partial charge on any atom is 0.293 e. The molecule has 0 aliphatic carbocycles. The summed E-state index contributed by atoms with van der Waals surface area (Å²) in [5.41, 5.74) is 1.66. The van der Waals surface area contributed by atoms with Crippen molar-refractivity contribution in [2.24, 2.45) is 0 Å². The van der Waals surface area contributed by atoms with E-state index in [1.54, 1.807) is 25.3 Å². The molecule has 1 fully saturated rings. The van der Waals surface area contributed by atoms with Crippen LogP contribution in [0.2, 0.25) is 5.02 Å². The number of carbonyl (C=O) groups is 2. The number of halogens is 1. The summed E-state index contributed by atoms with van der Waals surface area (Å²) in [5.74, 6) is 0.597. The van der Waals surface area contributed by atoms with Gasteiger partial charge in [-0.15, -0.1) is 0 Å². The molecule has 4 rings (SSSR count). The molecular weight excluding hydrogens is 486 g/mol. The Bertz CT molecular complexity index is 1280. The Morgan fingerprint density at radius 2 is 1.83 bits per heavy atom. The van der Waals surface area contributed by atoms with Crippen molar-refractivity contribution in [2.75, 3.05) is 26.9 Å². The van der Waals surface area contributed by atoms with Crippen LogP contribution in [0.5, 0.6) is 11.5 Å². The number of imide groups is 1. The number of ether oxygens (including phenoxy) is 3. The van der Waals surface area contributed by atoms with E-state index < -0.39 is 0 Å². The fraction of sp³-hybridized carbons (Fsp3) is 0.259. The first-order valence-electron chi connectivity index (χ1n) is 11.3. The van der Waals surface area contributed by atoms with Crippen molar-refractivity contribution in [3.8, 4) is 11.5 Å². The van der Waals surface area contributed by atoms with Gasteiger partial charge in [0, 0.05) is 20.3 Å². The van der Waals surface area contributed by atoms with Crippen LogP contribution < -0.4 is 9.47 Å². The topological polar surface area (TPSA) is 65.1 Å². The number of nitrogens with zero attached hydrogens (tertiary/aromatic N) is 1. The van der Waals surface area contributed by atoms with Crippen LogP contribution in [0.3, 0.4) is 0 Å². The van der Waals surface area contributed by atoms with Gasteiger partial charge in [0.1, 0.15) is 6.61 Å². The lowest BCUT2D eigenvalue weighted by atomic mass is 10.1. The van der Waals surface area contributed by atoms with Crippen molar-refractivity contribution in [1.82, 2.24) is 4.90 Å². The standard InChI is InChI=1S/C27H26ClNO5S/c1-3-33-23-15-19(16-24-26(30)29(27(31)35-24)11-6-12-32-2)14-22(28)25(23)34-17-18-9-10-20-7-4-5-8-21(20)13-18/h4-5,7-10,13-16H,3,6,11-12,17H2,1-2H3/b24-16+. The van der Waals surface area contributed by atoms with Gasteiger partial charge in [-0.3, -0.25) is 14.5 Å². The average Bonchev–Trinajstić information content (AvgIpc) is 3.11. The number of thioether (sulfide) groups is 1. The molecule has 1 heterocycles. The monoisotopic (exact) mass is 511 g/mol. The summed E-state index contributed by atoms with van der Waals surface area (Å²) in [5, 5.41) is 2.37. The van der Waals surface area contributed by atoms with E-state index in [2.05, 4.69) is 24.3 Å². The molecule has 0 radical (unpaired) electrons. The third-order valence-corrected chi connectivity index (χ3v) is 6.62. The van der Waals surface area contributed by atoms with E-state index >= 15 is 0 Å². The molecule has 1 saturated heterocycles. The lowest BCUT2D eigenvalue weighted by Crippen LogP contribution is -2.29. The summed E-state index contributed by atoms with van der Waals surface area (Å²) in [4.78, 5) is 26.6. The lowest BCUT2D eigenvalue weighted by Gasteiger charge is -2.15. The van der Waals surface area contributed by atoms with Gasteiger partial charge in [0.25, 0.3) is 11.1 Å². The fourth-order valence-corrected chi connectivity index (χ4v) is 4.91. The number of amides is 2. The first-order chi connectivity index (χ1) is 17.0. The fourth-order valence-electron chi connectivity index (χ4n) is 3.77. The van der Waals surface area contributed by atoms with E-state index in [1.807, 2.05) is 25.1 Å². The van der Waals surface area contributed by atoms with Gasteiger partial charge in [0.15, 0.2) is 11.5 Å². The van der Waals surface area contributed by atoms with Crippen molar-refractivity contribution < 1.29 is 23.8 Å². The molecule has 2 amide bonds. The molecule has 0 saturated carbocycles. The molecule has 6 nitrogen and oxygen atoms in total. The predicted molar refractivity (Wildman–Crippen MR) is 140 cm³/mol. The Morgan fingerprint density at radius 1 is 1.03 bits per heavy atom. The maximum atomic E-state index is 12.7. The van der Waals surface area contributed by atoms with Gasteiger partial charge in [-0.2, -0.15) is 0 Å². The zero-order valence-electron chi connectivity index (χ0n) is 19.6. The van der Waals surface area contributed by atoms with E-state index in [9.17, 15) is 9.59 Å². The van der Waals surface area contributed by atoms with Crippen molar-refractivity contribution in [3.05, 3.63) is 75.7 Å². The summed E-state index contributed by atoms with van der Waals surface area (Å²) >= 11 is 7.49. The summed E-state index contributed by atoms with van der Waals surface area (Å²) in [6, 6.07) is 17.8. The summed E-state index contributed by atoms with van der Waals surface area (Å²) < 4.78 is 16.9. The Morgan fingerprint density at radius 3 is 2.60 bits per heavy atom. The first kappa shape index (κ1) is 25.1. The van der Waals surface area contributed by atoms with E-state index in [1.165, 1.54) is 4.90 Å². The van der Waals surface area contributed by atoms with Crippen molar-refractivity contribution in [1.29, 1.82) is 0 Å². The predicted octanol–water partition coefficient (Wildman–Crippen LogP) is 6.54. The van der Waals surface area contributed by atoms with Gasteiger partial charge < -0.3 is 14.2 Å². The second-order valence-electron chi connectivity index (χ2n) is 7.91. The zero-order valence-corrected chi connectivity index (χ0v) is 21.2. The molecule has 182 valence electrons. The minimum absolute atomic E-state index is 0.288. The molecule has 0 atom stereocenters. The highest BCUT2D eigenvalue weighted by Gasteiger charge is 2.34. The molecule has 1 aliphatic rings. The molecule has 8 heteroatoms. The number of hydrogen-bond donors (Lipinski definition) is 0. The van der Waals surface area contributed by atoms with Crippen molar-refractivity contribution >= 4 is 51.4 Å². The van der Waals surface area contributed by atoms with E-state index in [0.717, 1.165) is 28.1 Å². The van der Waals surface area contributed by atoms with Gasteiger partial charge in [-0.25, -0.2) is 0 Å². The Hall–Kier alpha value is -3.00. The van der Waals surface area contributed by atoms with Crippen LogP contribution >= 0.6 is 23.4 Å². The molecule has 3 aromatic carbocycles. The molecule has 35 heavy (non-hydrogen) atoms. The second kappa shape index (κ2) is 11.6. The number of carbonyl (C=O) groups excluding carboxylic acids is 2. The van der Waals surface area contributed by atoms with E-state index in [4.69, 9.17) is 25.8 Å². The molecule has 0 spiro atoms. The zero-order chi connectivity index (χ0) is 24.8. The number of benzene rings is 3. The highest BCUT2D eigenvalue weighted by Crippen LogP contribution is 2.39. The molecule has 0 bridgehead atoms. The lowest BCUT2D eigenvalue weighted by molar-refractivity contribution is -0.122. The highest BCUT2D eigenvalue weighted by atomic mass is 35.5. The van der Waals surface area contributed by atoms with Crippen molar-refractivity contribution in [2.45, 2.75) is 20.0 Å². The number of methoxy groups -OCH3 is 1. The van der Waals surface area contributed by atoms with Crippen LogP contribution in [0.25, 0.3) is 16.8 Å². The minimum Gasteiger partial charge on any atom is -0.490 e. The van der Waals surface area contributed by atoms with Gasteiger partial charge >= 0.3 is 0 Å². The molecular formula is C27H26ClNO5S. The third kappa shape index (κ3) is 5.99. The van der Waals surface area contributed by atoms with Gasteiger partial charge in [-0.05, 0) is 71.3 Å². The number of rotatable bonds is 10. The number of fused-ring (bicyclic) bond motifs is 1. The van der Waals surface area contributed by atoms with Crippen LogP contribution in [0.4, 0.5) is 4.79 Å². The van der Waals surface area contributed by atoms with Gasteiger partial charge in [0.2, 0.25) is 0 Å². The molecule has 0 unspecified atom stereocenters. The van der Waals surface area contributed by atoms with Crippen LogP contribution in [-0.2, 0) is 16.1 Å². The number of hydrogen-bond acceptors (Lipinski definition) is 6. The largest absolute Gasteiger partial charge is 0.490 e. The van der Waals surface area contributed by atoms with Crippen molar-refractivity contribution in [3.63, 3.8) is 0 Å². The average molecular weight is 512 g/mol. The molecule has 0 N–H and O–H groups in total. The van der Waals surface area contributed by atoms with Crippen LogP contribution in [-0.4, -0.2) is 42.9 Å². The summed E-state index contributed by atoms with van der Waals surface area (Å²) in [7, 11) is 1.59. The Kier molecular flexibility index (Phi) is 8.33. The van der Waals surface area contributed by atoms with Crippen LogP contribution in [0.15, 0.2) is 59.5 Å². The Labute approximate surface area is 213 Å². The van der Waals surface area contributed by atoms with Crippen LogP contribution in [0.1, 0.15) is 24.5 Å². The smallest absolute Gasteiger partial charge is 0.293 e. The summed E-state index contributed by atoms with van der Waals surface area (Å²) in [6.07, 6.45) is 2.24. The quantitative estimate of drug-likeness (QED) is 0.227. The third-order valence-electron chi connectivity index (χ3n) is 5.43. The first-order valence-corrected chi connectivity index (χ1v) is 12.5. The Balaban J connectivity index is 1.53. The summed E-state index contributed by atoms with van der Waals surface area (Å²) in [6.45, 7) is 3.42. The van der Waals surface area contributed by atoms with Gasteiger partial charge in [0.05, 0.1) is 16.5 Å². The maximum absolute atomic E-state index is 12.7. The molecule has 0 aromatic heterocycles. The molecule has 3 aromatic rings. The second-order valence-corrected chi connectivity index (χ2v) is 9.31. The minimum atomic E-state index is -0.318. The normalized spacial score (nSPS) is 14.8. The highest BCUT2D eigenvalue weighted by molar-refractivity contribution is 8.18. The SMILES string of the molecule is CCOc1cc(/C=C2/SC(=O)N(CCCOC)C2=O)cc(Cl)c1OCc1ccc2ccccc2c1. The van der Waals surface area contributed by atoms with E-state index in [-0.39, 0.29) is 11.1 Å². The van der Waals surface area contributed by atoms with E-state index in [0.29, 0.717) is 59.8 Å².